The van der Waals surface area contributed by atoms with Gasteiger partial charge < -0.3 is 9.64 Å². The third-order valence-corrected chi connectivity index (χ3v) is 3.81. The fourth-order valence-electron chi connectivity index (χ4n) is 2.60. The summed E-state index contributed by atoms with van der Waals surface area (Å²) in [5.74, 6) is 1.83. The molecule has 1 aliphatic heterocycles. The number of nitrogens with zero attached hydrogens (tertiary/aromatic N) is 2. The number of esters is 1. The zero-order valence-electron chi connectivity index (χ0n) is 12.6. The van der Waals surface area contributed by atoms with E-state index in [0.717, 1.165) is 17.7 Å². The zero-order valence-corrected chi connectivity index (χ0v) is 12.6. The average Bonchev–Trinajstić information content (AvgIpc) is 3.03. The molecule has 1 aromatic carbocycles. The molecule has 0 unspecified atom stereocenters. The van der Waals surface area contributed by atoms with E-state index in [-0.39, 0.29) is 5.91 Å². The molecule has 1 aromatic heterocycles. The van der Waals surface area contributed by atoms with Gasteiger partial charge in [0.2, 0.25) is 0 Å². The van der Waals surface area contributed by atoms with Crippen molar-refractivity contribution in [2.75, 3.05) is 18.6 Å². The van der Waals surface area contributed by atoms with Gasteiger partial charge in [0.05, 0.1) is 18.2 Å². The number of ether oxygens (including phenoxy) is 1. The molecule has 0 saturated carbocycles. The SMILES string of the molecule is C#Cc1ccc(C(=O)N2CCc3ccc(C(=O)OC)cc32)cn1. The molecule has 1 amide bonds. The monoisotopic (exact) mass is 306 g/mol. The molecule has 0 atom stereocenters. The quantitative estimate of drug-likeness (QED) is 0.629. The number of benzene rings is 1. The Bertz CT molecular complexity index is 819. The maximum absolute atomic E-state index is 12.7. The molecule has 114 valence electrons. The van der Waals surface area contributed by atoms with Gasteiger partial charge in [-0.25, -0.2) is 9.78 Å². The molecule has 3 rings (SSSR count). The minimum atomic E-state index is -0.424. The molecular weight excluding hydrogens is 292 g/mol. The molecule has 0 spiro atoms. The first-order valence-electron chi connectivity index (χ1n) is 7.10. The molecule has 23 heavy (non-hydrogen) atoms. The summed E-state index contributed by atoms with van der Waals surface area (Å²) in [5.41, 5.74) is 3.13. The highest BCUT2D eigenvalue weighted by molar-refractivity contribution is 6.07. The Balaban J connectivity index is 1.93. The van der Waals surface area contributed by atoms with Crippen LogP contribution in [0.5, 0.6) is 0 Å². The van der Waals surface area contributed by atoms with Crippen molar-refractivity contribution in [3.05, 3.63) is 58.9 Å². The van der Waals surface area contributed by atoms with E-state index in [2.05, 4.69) is 10.9 Å². The second-order valence-corrected chi connectivity index (χ2v) is 5.12. The Morgan fingerprint density at radius 1 is 1.26 bits per heavy atom. The molecule has 0 fully saturated rings. The zero-order chi connectivity index (χ0) is 16.4. The first-order chi connectivity index (χ1) is 11.1. The van der Waals surface area contributed by atoms with Crippen molar-refractivity contribution in [1.82, 2.24) is 4.98 Å². The highest BCUT2D eigenvalue weighted by atomic mass is 16.5. The lowest BCUT2D eigenvalue weighted by Crippen LogP contribution is -2.29. The van der Waals surface area contributed by atoms with E-state index in [9.17, 15) is 9.59 Å². The van der Waals surface area contributed by atoms with Crippen molar-refractivity contribution in [2.24, 2.45) is 0 Å². The number of rotatable bonds is 2. The minimum absolute atomic E-state index is 0.165. The van der Waals surface area contributed by atoms with E-state index < -0.39 is 5.97 Å². The molecule has 2 heterocycles. The van der Waals surface area contributed by atoms with E-state index in [4.69, 9.17) is 11.2 Å². The van der Waals surface area contributed by atoms with Crippen LogP contribution in [0, 0.1) is 12.3 Å². The molecule has 0 N–H and O–H groups in total. The van der Waals surface area contributed by atoms with Crippen molar-refractivity contribution >= 4 is 17.6 Å². The van der Waals surface area contributed by atoms with E-state index in [1.165, 1.54) is 13.3 Å². The van der Waals surface area contributed by atoms with Gasteiger partial charge >= 0.3 is 5.97 Å². The van der Waals surface area contributed by atoms with Crippen molar-refractivity contribution in [1.29, 1.82) is 0 Å². The number of amides is 1. The fraction of sp³-hybridized carbons (Fsp3) is 0.167. The highest BCUT2D eigenvalue weighted by Crippen LogP contribution is 2.30. The number of pyridine rings is 1. The molecule has 0 saturated heterocycles. The largest absolute Gasteiger partial charge is 0.465 e. The van der Waals surface area contributed by atoms with Gasteiger partial charge in [0.1, 0.15) is 5.69 Å². The smallest absolute Gasteiger partial charge is 0.337 e. The van der Waals surface area contributed by atoms with Gasteiger partial charge in [-0.2, -0.15) is 0 Å². The van der Waals surface area contributed by atoms with Gasteiger partial charge in [-0.15, -0.1) is 6.42 Å². The van der Waals surface area contributed by atoms with E-state index in [1.807, 2.05) is 6.07 Å². The Morgan fingerprint density at radius 2 is 2.04 bits per heavy atom. The molecule has 1 aliphatic rings. The number of fused-ring (bicyclic) bond motifs is 1. The van der Waals surface area contributed by atoms with Crippen LogP contribution in [0.25, 0.3) is 0 Å². The summed E-state index contributed by atoms with van der Waals surface area (Å²) < 4.78 is 4.73. The van der Waals surface area contributed by atoms with Gasteiger partial charge in [-0.1, -0.05) is 12.0 Å². The number of carbonyl (C=O) groups excluding carboxylic acids is 2. The van der Waals surface area contributed by atoms with Crippen LogP contribution in [0.3, 0.4) is 0 Å². The molecular formula is C18H14N2O3. The van der Waals surface area contributed by atoms with Crippen LogP contribution in [-0.4, -0.2) is 30.5 Å². The third-order valence-electron chi connectivity index (χ3n) is 3.81. The summed E-state index contributed by atoms with van der Waals surface area (Å²) in [4.78, 5) is 30.0. The molecule has 5 heteroatoms. The maximum atomic E-state index is 12.7. The lowest BCUT2D eigenvalue weighted by Gasteiger charge is -2.17. The molecule has 5 nitrogen and oxygen atoms in total. The van der Waals surface area contributed by atoms with Crippen LogP contribution in [0.2, 0.25) is 0 Å². The summed E-state index contributed by atoms with van der Waals surface area (Å²) in [5, 5.41) is 0. The average molecular weight is 306 g/mol. The van der Waals surface area contributed by atoms with E-state index in [1.54, 1.807) is 29.2 Å². The first-order valence-corrected chi connectivity index (χ1v) is 7.10. The minimum Gasteiger partial charge on any atom is -0.465 e. The van der Waals surface area contributed by atoms with Crippen LogP contribution in [0.4, 0.5) is 5.69 Å². The number of methoxy groups -OCH3 is 1. The molecule has 0 bridgehead atoms. The summed E-state index contributed by atoms with van der Waals surface area (Å²) in [6, 6.07) is 8.55. The van der Waals surface area contributed by atoms with Gasteiger partial charge in [-0.3, -0.25) is 4.79 Å². The number of hydrogen-bond donors (Lipinski definition) is 0. The normalized spacial score (nSPS) is 12.4. The predicted octanol–water partition coefficient (Wildman–Crippen LogP) is 2.05. The van der Waals surface area contributed by atoms with Crippen LogP contribution in [0.1, 0.15) is 32.0 Å². The molecule has 0 radical (unpaired) electrons. The Hall–Kier alpha value is -3.13. The Labute approximate surface area is 133 Å². The summed E-state index contributed by atoms with van der Waals surface area (Å²) in [6.45, 7) is 0.565. The number of anilines is 1. The van der Waals surface area contributed by atoms with E-state index >= 15 is 0 Å². The molecule has 2 aromatic rings. The van der Waals surface area contributed by atoms with Gasteiger partial charge in [0, 0.05) is 18.4 Å². The third kappa shape index (κ3) is 2.67. The summed E-state index contributed by atoms with van der Waals surface area (Å²) >= 11 is 0. The van der Waals surface area contributed by atoms with Crippen LogP contribution in [-0.2, 0) is 11.2 Å². The van der Waals surface area contributed by atoms with Crippen LogP contribution >= 0.6 is 0 Å². The van der Waals surface area contributed by atoms with Crippen molar-refractivity contribution in [2.45, 2.75) is 6.42 Å². The summed E-state index contributed by atoms with van der Waals surface area (Å²) in [6.07, 6.45) is 7.49. The predicted molar refractivity (Wildman–Crippen MR) is 85.3 cm³/mol. The number of hydrogen-bond acceptors (Lipinski definition) is 4. The lowest BCUT2D eigenvalue weighted by atomic mass is 10.1. The molecule has 0 aliphatic carbocycles. The van der Waals surface area contributed by atoms with Crippen molar-refractivity contribution in [3.63, 3.8) is 0 Å². The van der Waals surface area contributed by atoms with Gasteiger partial charge in [0.15, 0.2) is 0 Å². The van der Waals surface area contributed by atoms with E-state index in [0.29, 0.717) is 23.4 Å². The second kappa shape index (κ2) is 5.93. The first kappa shape index (κ1) is 14.8. The second-order valence-electron chi connectivity index (χ2n) is 5.12. The Kier molecular flexibility index (Phi) is 3.82. The van der Waals surface area contributed by atoms with Gasteiger partial charge in [-0.05, 0) is 36.2 Å². The topological polar surface area (TPSA) is 59.5 Å². The van der Waals surface area contributed by atoms with Crippen LogP contribution in [0.15, 0.2) is 36.5 Å². The van der Waals surface area contributed by atoms with Crippen molar-refractivity contribution < 1.29 is 14.3 Å². The highest BCUT2D eigenvalue weighted by Gasteiger charge is 2.26. The standard InChI is InChI=1S/C18H14N2O3/c1-3-15-7-6-14(11-19-15)17(21)20-9-8-12-4-5-13(10-16(12)20)18(22)23-2/h1,4-7,10-11H,8-9H2,2H3. The van der Waals surface area contributed by atoms with Gasteiger partial charge in [0.25, 0.3) is 5.91 Å². The fourth-order valence-corrected chi connectivity index (χ4v) is 2.60. The van der Waals surface area contributed by atoms with Crippen molar-refractivity contribution in [3.8, 4) is 12.3 Å². The number of aromatic nitrogens is 1. The van der Waals surface area contributed by atoms with Crippen LogP contribution < -0.4 is 4.90 Å². The maximum Gasteiger partial charge on any atom is 0.337 e. The number of terminal acetylenes is 1. The summed E-state index contributed by atoms with van der Waals surface area (Å²) in [7, 11) is 1.33. The Morgan fingerprint density at radius 3 is 2.70 bits per heavy atom. The lowest BCUT2D eigenvalue weighted by molar-refractivity contribution is 0.0600. The number of carbonyl (C=O) groups is 2.